The second kappa shape index (κ2) is 6.73. The van der Waals surface area contributed by atoms with Crippen LogP contribution < -0.4 is 5.32 Å². The van der Waals surface area contributed by atoms with Gasteiger partial charge in [-0.2, -0.15) is 0 Å². The van der Waals surface area contributed by atoms with Gasteiger partial charge in [0.15, 0.2) is 5.82 Å². The summed E-state index contributed by atoms with van der Waals surface area (Å²) >= 11 is 0. The first-order valence-electron chi connectivity index (χ1n) is 6.51. The number of carbonyl (C=O) groups excluding carboxylic acids is 1. The maximum atomic E-state index is 11.6. The van der Waals surface area contributed by atoms with Crippen LogP contribution in [0.4, 0.5) is 5.82 Å². The molecule has 0 unspecified atom stereocenters. The number of unbranched alkanes of at least 4 members (excludes halogenated alkanes) is 1. The number of hydrogen-bond acceptors (Lipinski definition) is 3. The van der Waals surface area contributed by atoms with Crippen molar-refractivity contribution in [1.29, 1.82) is 0 Å². The molecule has 1 aromatic carbocycles. The SMILES string of the molecule is Cc1cc(NC(=O)CCCCc2ccccc2)no1. The summed E-state index contributed by atoms with van der Waals surface area (Å²) in [7, 11) is 0. The van der Waals surface area contributed by atoms with E-state index < -0.39 is 0 Å². The number of carbonyl (C=O) groups is 1. The van der Waals surface area contributed by atoms with Crippen LogP contribution in [0.1, 0.15) is 30.6 Å². The van der Waals surface area contributed by atoms with Crippen molar-refractivity contribution < 1.29 is 9.32 Å². The van der Waals surface area contributed by atoms with E-state index in [1.165, 1.54) is 5.56 Å². The third-order valence-electron chi connectivity index (χ3n) is 2.86. The standard InChI is InChI=1S/C15H18N2O2/c1-12-11-14(17-19-12)16-15(18)10-6-5-9-13-7-3-2-4-8-13/h2-4,7-8,11H,5-6,9-10H2,1H3,(H,16,17,18). The molecular weight excluding hydrogens is 240 g/mol. The second-order valence-electron chi connectivity index (χ2n) is 4.56. The minimum atomic E-state index is -0.0126. The Balaban J connectivity index is 1.64. The number of amides is 1. The van der Waals surface area contributed by atoms with Crippen molar-refractivity contribution in [2.24, 2.45) is 0 Å². The molecule has 19 heavy (non-hydrogen) atoms. The number of rotatable bonds is 6. The molecule has 1 amide bonds. The molecule has 0 spiro atoms. The molecular formula is C15H18N2O2. The van der Waals surface area contributed by atoms with Crippen LogP contribution in [0.5, 0.6) is 0 Å². The lowest BCUT2D eigenvalue weighted by molar-refractivity contribution is -0.116. The molecule has 2 rings (SSSR count). The highest BCUT2D eigenvalue weighted by atomic mass is 16.5. The van der Waals surface area contributed by atoms with Crippen molar-refractivity contribution in [3.05, 3.63) is 47.7 Å². The Kier molecular flexibility index (Phi) is 4.72. The van der Waals surface area contributed by atoms with E-state index in [2.05, 4.69) is 22.6 Å². The summed E-state index contributed by atoms with van der Waals surface area (Å²) in [6.07, 6.45) is 3.41. The van der Waals surface area contributed by atoms with Gasteiger partial charge < -0.3 is 9.84 Å². The minimum Gasteiger partial charge on any atom is -0.360 e. The highest BCUT2D eigenvalue weighted by Crippen LogP contribution is 2.09. The number of anilines is 1. The molecule has 0 aliphatic rings. The van der Waals surface area contributed by atoms with Crippen molar-refractivity contribution in [2.45, 2.75) is 32.6 Å². The zero-order chi connectivity index (χ0) is 13.5. The van der Waals surface area contributed by atoms with Gasteiger partial charge in [-0.15, -0.1) is 0 Å². The summed E-state index contributed by atoms with van der Waals surface area (Å²) in [5.74, 6) is 1.17. The Morgan fingerprint density at radius 2 is 2.05 bits per heavy atom. The van der Waals surface area contributed by atoms with Gasteiger partial charge in [-0.05, 0) is 31.7 Å². The lowest BCUT2D eigenvalue weighted by Crippen LogP contribution is -2.11. The van der Waals surface area contributed by atoms with Crippen LogP contribution in [0.25, 0.3) is 0 Å². The van der Waals surface area contributed by atoms with E-state index in [4.69, 9.17) is 4.52 Å². The number of aromatic nitrogens is 1. The second-order valence-corrected chi connectivity index (χ2v) is 4.56. The molecule has 4 nitrogen and oxygen atoms in total. The van der Waals surface area contributed by atoms with Gasteiger partial charge in [0.25, 0.3) is 0 Å². The molecule has 100 valence electrons. The Bertz CT molecular complexity index is 520. The van der Waals surface area contributed by atoms with E-state index in [1.54, 1.807) is 13.0 Å². The van der Waals surface area contributed by atoms with Gasteiger partial charge in [0, 0.05) is 12.5 Å². The van der Waals surface area contributed by atoms with Gasteiger partial charge in [0.1, 0.15) is 5.76 Å². The third-order valence-corrected chi connectivity index (χ3v) is 2.86. The van der Waals surface area contributed by atoms with Crippen LogP contribution in [0.15, 0.2) is 40.9 Å². The Labute approximate surface area is 112 Å². The Morgan fingerprint density at radius 3 is 2.74 bits per heavy atom. The number of aryl methyl sites for hydroxylation is 2. The lowest BCUT2D eigenvalue weighted by Gasteiger charge is -2.02. The molecule has 4 heteroatoms. The zero-order valence-electron chi connectivity index (χ0n) is 11.1. The number of nitrogens with zero attached hydrogens (tertiary/aromatic N) is 1. The first-order chi connectivity index (χ1) is 9.24. The van der Waals surface area contributed by atoms with Gasteiger partial charge in [-0.1, -0.05) is 35.5 Å². The summed E-state index contributed by atoms with van der Waals surface area (Å²) in [5.41, 5.74) is 1.31. The van der Waals surface area contributed by atoms with Crippen molar-refractivity contribution >= 4 is 11.7 Å². The molecule has 0 aliphatic heterocycles. The van der Waals surface area contributed by atoms with Crippen LogP contribution in [0, 0.1) is 6.92 Å². The molecule has 0 saturated carbocycles. The van der Waals surface area contributed by atoms with Crippen LogP contribution in [0.2, 0.25) is 0 Å². The molecule has 0 aliphatic carbocycles. The fourth-order valence-corrected chi connectivity index (χ4v) is 1.89. The van der Waals surface area contributed by atoms with Gasteiger partial charge in [0.2, 0.25) is 5.91 Å². The zero-order valence-corrected chi connectivity index (χ0v) is 11.1. The Hall–Kier alpha value is -2.10. The summed E-state index contributed by atoms with van der Waals surface area (Å²) in [6, 6.07) is 12.0. The summed E-state index contributed by atoms with van der Waals surface area (Å²) in [4.78, 5) is 11.6. The van der Waals surface area contributed by atoms with E-state index in [-0.39, 0.29) is 5.91 Å². The molecule has 0 fully saturated rings. The van der Waals surface area contributed by atoms with E-state index in [9.17, 15) is 4.79 Å². The van der Waals surface area contributed by atoms with Crippen LogP contribution in [-0.4, -0.2) is 11.1 Å². The largest absolute Gasteiger partial charge is 0.360 e. The first-order valence-corrected chi connectivity index (χ1v) is 6.51. The van der Waals surface area contributed by atoms with Crippen molar-refractivity contribution in [3.8, 4) is 0 Å². The lowest BCUT2D eigenvalue weighted by atomic mass is 10.1. The van der Waals surface area contributed by atoms with Gasteiger partial charge in [-0.25, -0.2) is 0 Å². The fourth-order valence-electron chi connectivity index (χ4n) is 1.89. The van der Waals surface area contributed by atoms with Gasteiger partial charge in [0.05, 0.1) is 0 Å². The van der Waals surface area contributed by atoms with E-state index in [0.717, 1.165) is 19.3 Å². The molecule has 2 aromatic rings. The smallest absolute Gasteiger partial charge is 0.225 e. The molecule has 1 heterocycles. The molecule has 1 N–H and O–H groups in total. The average Bonchev–Trinajstić information content (AvgIpc) is 2.81. The van der Waals surface area contributed by atoms with E-state index >= 15 is 0 Å². The molecule has 0 radical (unpaired) electrons. The van der Waals surface area contributed by atoms with Crippen molar-refractivity contribution in [1.82, 2.24) is 5.16 Å². The van der Waals surface area contributed by atoms with Crippen LogP contribution >= 0.6 is 0 Å². The Morgan fingerprint density at radius 1 is 1.26 bits per heavy atom. The normalized spacial score (nSPS) is 10.4. The maximum absolute atomic E-state index is 11.6. The molecule has 1 aromatic heterocycles. The minimum absolute atomic E-state index is 0.0126. The topological polar surface area (TPSA) is 55.1 Å². The van der Waals surface area contributed by atoms with Crippen LogP contribution in [0.3, 0.4) is 0 Å². The van der Waals surface area contributed by atoms with Gasteiger partial charge in [-0.3, -0.25) is 4.79 Å². The highest BCUT2D eigenvalue weighted by Gasteiger charge is 2.05. The number of hydrogen-bond donors (Lipinski definition) is 1. The van der Waals surface area contributed by atoms with Gasteiger partial charge >= 0.3 is 0 Å². The predicted molar refractivity (Wildman–Crippen MR) is 73.9 cm³/mol. The molecule has 0 saturated heterocycles. The summed E-state index contributed by atoms with van der Waals surface area (Å²) in [6.45, 7) is 1.79. The van der Waals surface area contributed by atoms with Crippen LogP contribution in [-0.2, 0) is 11.2 Å². The predicted octanol–water partition coefficient (Wildman–Crippen LogP) is 3.33. The molecule has 0 bridgehead atoms. The summed E-state index contributed by atoms with van der Waals surface area (Å²) < 4.78 is 4.88. The fraction of sp³-hybridized carbons (Fsp3) is 0.333. The maximum Gasteiger partial charge on any atom is 0.225 e. The monoisotopic (exact) mass is 258 g/mol. The number of benzene rings is 1. The van der Waals surface area contributed by atoms with E-state index in [1.807, 2.05) is 18.2 Å². The number of nitrogens with one attached hydrogen (secondary N) is 1. The van der Waals surface area contributed by atoms with Crippen molar-refractivity contribution in [2.75, 3.05) is 5.32 Å². The van der Waals surface area contributed by atoms with E-state index in [0.29, 0.717) is 18.0 Å². The quantitative estimate of drug-likeness (QED) is 0.808. The molecule has 0 atom stereocenters. The average molecular weight is 258 g/mol. The third kappa shape index (κ3) is 4.58. The van der Waals surface area contributed by atoms with Crippen molar-refractivity contribution in [3.63, 3.8) is 0 Å². The summed E-state index contributed by atoms with van der Waals surface area (Å²) in [5, 5.41) is 6.44. The highest BCUT2D eigenvalue weighted by molar-refractivity contribution is 5.89. The first kappa shape index (κ1) is 13.3.